The minimum Gasteiger partial charge on any atom is -0.492 e. The molecular formula is C15H16BrNO. The maximum Gasteiger partial charge on any atom is 0.134 e. The Balaban J connectivity index is 1.81. The van der Waals surface area contributed by atoms with E-state index in [1.165, 1.54) is 17.2 Å². The second-order valence-electron chi connectivity index (χ2n) is 4.77. The van der Waals surface area contributed by atoms with Crippen LogP contribution in [-0.2, 0) is 0 Å². The maximum absolute atomic E-state index is 5.94. The summed E-state index contributed by atoms with van der Waals surface area (Å²) in [6, 6.07) is 12.5. The first-order valence-electron chi connectivity index (χ1n) is 6.35. The predicted molar refractivity (Wildman–Crippen MR) is 78.1 cm³/mol. The van der Waals surface area contributed by atoms with Crippen LogP contribution in [0.4, 0.5) is 0 Å². The molecule has 1 unspecified atom stereocenters. The van der Waals surface area contributed by atoms with Crippen molar-refractivity contribution < 1.29 is 4.74 Å². The molecule has 0 saturated carbocycles. The summed E-state index contributed by atoms with van der Waals surface area (Å²) in [5.41, 5.74) is 0. The zero-order chi connectivity index (χ0) is 12.4. The summed E-state index contributed by atoms with van der Waals surface area (Å²) in [6.45, 7) is 2.99. The highest BCUT2D eigenvalue weighted by atomic mass is 79.9. The van der Waals surface area contributed by atoms with E-state index in [0.29, 0.717) is 5.92 Å². The lowest BCUT2D eigenvalue weighted by atomic mass is 10.1. The van der Waals surface area contributed by atoms with Gasteiger partial charge in [0.15, 0.2) is 0 Å². The largest absolute Gasteiger partial charge is 0.492 e. The minimum atomic E-state index is 0.642. The van der Waals surface area contributed by atoms with E-state index >= 15 is 0 Å². The van der Waals surface area contributed by atoms with Crippen molar-refractivity contribution in [1.29, 1.82) is 0 Å². The highest BCUT2D eigenvalue weighted by Crippen LogP contribution is 2.33. The Morgan fingerprint density at radius 3 is 2.94 bits per heavy atom. The maximum atomic E-state index is 5.94. The van der Waals surface area contributed by atoms with Gasteiger partial charge < -0.3 is 10.1 Å². The van der Waals surface area contributed by atoms with Crippen molar-refractivity contribution in [3.63, 3.8) is 0 Å². The number of halogens is 1. The number of benzene rings is 2. The Kier molecular flexibility index (Phi) is 3.52. The third-order valence-electron chi connectivity index (χ3n) is 3.46. The van der Waals surface area contributed by atoms with Gasteiger partial charge in [0, 0.05) is 12.5 Å². The third kappa shape index (κ3) is 2.38. The van der Waals surface area contributed by atoms with Gasteiger partial charge in [0.05, 0.1) is 11.1 Å². The molecule has 94 valence electrons. The molecule has 1 N–H and O–H groups in total. The van der Waals surface area contributed by atoms with Crippen molar-refractivity contribution in [1.82, 2.24) is 5.32 Å². The molecule has 2 nitrogen and oxygen atoms in total. The zero-order valence-corrected chi connectivity index (χ0v) is 11.7. The summed E-state index contributed by atoms with van der Waals surface area (Å²) >= 11 is 3.65. The Bertz CT molecular complexity index is 549. The molecule has 1 fully saturated rings. The van der Waals surface area contributed by atoms with Crippen LogP contribution in [0.15, 0.2) is 40.9 Å². The molecule has 1 aliphatic rings. The molecule has 2 aromatic rings. The van der Waals surface area contributed by atoms with E-state index in [-0.39, 0.29) is 0 Å². The van der Waals surface area contributed by atoms with Crippen molar-refractivity contribution in [2.45, 2.75) is 6.42 Å². The molecule has 0 aromatic heterocycles. The van der Waals surface area contributed by atoms with E-state index < -0.39 is 0 Å². The van der Waals surface area contributed by atoms with Crippen LogP contribution >= 0.6 is 15.9 Å². The normalized spacial score (nSPS) is 19.3. The van der Waals surface area contributed by atoms with Crippen molar-refractivity contribution in [2.75, 3.05) is 19.7 Å². The summed E-state index contributed by atoms with van der Waals surface area (Å²) in [4.78, 5) is 0. The molecule has 3 heteroatoms. The standard InChI is InChI=1S/C15H16BrNO/c16-15-13-4-2-1-3-12(13)5-6-14(15)18-10-11-7-8-17-9-11/h1-6,11,17H,7-10H2. The molecule has 1 atom stereocenters. The Labute approximate surface area is 115 Å². The summed E-state index contributed by atoms with van der Waals surface area (Å²) in [7, 11) is 0. The zero-order valence-electron chi connectivity index (χ0n) is 10.2. The first-order valence-corrected chi connectivity index (χ1v) is 7.14. The van der Waals surface area contributed by atoms with E-state index in [9.17, 15) is 0 Å². The highest BCUT2D eigenvalue weighted by Gasteiger charge is 2.15. The lowest BCUT2D eigenvalue weighted by Crippen LogP contribution is -2.15. The van der Waals surface area contributed by atoms with Crippen LogP contribution in [0, 0.1) is 5.92 Å². The first-order chi connectivity index (χ1) is 8.84. The number of hydrogen-bond donors (Lipinski definition) is 1. The lowest BCUT2D eigenvalue weighted by Gasteiger charge is -2.13. The van der Waals surface area contributed by atoms with Gasteiger partial charge in [-0.2, -0.15) is 0 Å². The minimum absolute atomic E-state index is 0.642. The van der Waals surface area contributed by atoms with Crippen LogP contribution in [-0.4, -0.2) is 19.7 Å². The molecular weight excluding hydrogens is 290 g/mol. The number of nitrogens with one attached hydrogen (secondary N) is 1. The van der Waals surface area contributed by atoms with Crippen LogP contribution in [0.1, 0.15) is 6.42 Å². The monoisotopic (exact) mass is 305 g/mol. The third-order valence-corrected chi connectivity index (χ3v) is 4.28. The van der Waals surface area contributed by atoms with E-state index in [4.69, 9.17) is 4.74 Å². The topological polar surface area (TPSA) is 21.3 Å². The molecule has 0 radical (unpaired) electrons. The molecule has 0 bridgehead atoms. The number of hydrogen-bond acceptors (Lipinski definition) is 2. The van der Waals surface area contributed by atoms with Crippen LogP contribution < -0.4 is 10.1 Å². The predicted octanol–water partition coefficient (Wildman–Crippen LogP) is 3.59. The van der Waals surface area contributed by atoms with Gasteiger partial charge in [-0.3, -0.25) is 0 Å². The van der Waals surface area contributed by atoms with Gasteiger partial charge in [-0.1, -0.05) is 30.3 Å². The summed E-state index contributed by atoms with van der Waals surface area (Å²) in [5.74, 6) is 1.59. The first kappa shape index (κ1) is 12.0. The Hall–Kier alpha value is -1.06. The van der Waals surface area contributed by atoms with Gasteiger partial charge in [-0.15, -0.1) is 0 Å². The van der Waals surface area contributed by atoms with Gasteiger partial charge in [0.1, 0.15) is 5.75 Å². The molecule has 3 rings (SSSR count). The molecule has 2 aromatic carbocycles. The molecule has 0 amide bonds. The van der Waals surface area contributed by atoms with Gasteiger partial charge in [-0.05, 0) is 45.7 Å². The van der Waals surface area contributed by atoms with Crippen LogP contribution in [0.5, 0.6) is 5.75 Å². The second kappa shape index (κ2) is 5.29. The number of ether oxygens (including phenoxy) is 1. The quantitative estimate of drug-likeness (QED) is 0.935. The molecule has 1 heterocycles. The van der Waals surface area contributed by atoms with Crippen molar-refractivity contribution in [3.8, 4) is 5.75 Å². The molecule has 1 aliphatic heterocycles. The fourth-order valence-corrected chi connectivity index (χ4v) is 3.00. The molecule has 0 aliphatic carbocycles. The SMILES string of the molecule is Brc1c(OCC2CCNC2)ccc2ccccc12. The Morgan fingerprint density at radius 1 is 1.22 bits per heavy atom. The lowest BCUT2D eigenvalue weighted by molar-refractivity contribution is 0.259. The number of rotatable bonds is 3. The molecule has 18 heavy (non-hydrogen) atoms. The second-order valence-corrected chi connectivity index (χ2v) is 5.56. The van der Waals surface area contributed by atoms with Crippen LogP contribution in [0.2, 0.25) is 0 Å². The summed E-state index contributed by atoms with van der Waals surface area (Å²) < 4.78 is 7.00. The average molecular weight is 306 g/mol. The van der Waals surface area contributed by atoms with Gasteiger partial charge >= 0.3 is 0 Å². The van der Waals surface area contributed by atoms with Crippen molar-refractivity contribution in [3.05, 3.63) is 40.9 Å². The average Bonchev–Trinajstić information content (AvgIpc) is 2.91. The van der Waals surface area contributed by atoms with Crippen LogP contribution in [0.3, 0.4) is 0 Å². The van der Waals surface area contributed by atoms with Crippen LogP contribution in [0.25, 0.3) is 10.8 Å². The fourth-order valence-electron chi connectivity index (χ4n) is 2.39. The summed E-state index contributed by atoms with van der Waals surface area (Å²) in [5, 5.41) is 5.80. The molecule has 0 spiro atoms. The van der Waals surface area contributed by atoms with Gasteiger partial charge in [0.25, 0.3) is 0 Å². The Morgan fingerprint density at radius 2 is 2.11 bits per heavy atom. The molecule has 1 saturated heterocycles. The number of fused-ring (bicyclic) bond motifs is 1. The van der Waals surface area contributed by atoms with Gasteiger partial charge in [0.2, 0.25) is 0 Å². The van der Waals surface area contributed by atoms with E-state index in [0.717, 1.165) is 29.9 Å². The van der Waals surface area contributed by atoms with E-state index in [2.05, 4.69) is 57.6 Å². The van der Waals surface area contributed by atoms with Crippen molar-refractivity contribution >= 4 is 26.7 Å². The van der Waals surface area contributed by atoms with E-state index in [1.807, 2.05) is 0 Å². The van der Waals surface area contributed by atoms with E-state index in [1.54, 1.807) is 0 Å². The fraction of sp³-hybridized carbons (Fsp3) is 0.333. The highest BCUT2D eigenvalue weighted by molar-refractivity contribution is 9.10. The van der Waals surface area contributed by atoms with Gasteiger partial charge in [-0.25, -0.2) is 0 Å². The summed E-state index contributed by atoms with van der Waals surface area (Å²) in [6.07, 6.45) is 1.21. The van der Waals surface area contributed by atoms with Crippen molar-refractivity contribution in [2.24, 2.45) is 5.92 Å². The smallest absolute Gasteiger partial charge is 0.134 e.